The maximum absolute atomic E-state index is 8.99. The van der Waals surface area contributed by atoms with Gasteiger partial charge in [0.05, 0.1) is 32.1 Å². The Morgan fingerprint density at radius 2 is 2.00 bits per heavy atom. The number of halogens is 1. The first-order chi connectivity index (χ1) is 7.62. The number of benzene rings is 1. The number of aliphatic hydroxyl groups is 2. The summed E-state index contributed by atoms with van der Waals surface area (Å²) in [6, 6.07) is 3.11. The van der Waals surface area contributed by atoms with E-state index in [1.807, 2.05) is 13.0 Å². The van der Waals surface area contributed by atoms with Crippen LogP contribution in [0.15, 0.2) is 12.1 Å². The van der Waals surface area contributed by atoms with E-state index < -0.39 is 6.04 Å². The van der Waals surface area contributed by atoms with Crippen molar-refractivity contribution >= 4 is 17.3 Å². The van der Waals surface area contributed by atoms with Crippen LogP contribution in [0.4, 0.5) is 5.69 Å². The van der Waals surface area contributed by atoms with Crippen molar-refractivity contribution < 1.29 is 14.9 Å². The molecular formula is C11H16ClNO3. The molecule has 1 rings (SSSR count). The van der Waals surface area contributed by atoms with E-state index in [0.29, 0.717) is 16.5 Å². The van der Waals surface area contributed by atoms with Crippen LogP contribution in [0.25, 0.3) is 0 Å². The first-order valence-electron chi connectivity index (χ1n) is 4.94. The highest BCUT2D eigenvalue weighted by atomic mass is 35.5. The van der Waals surface area contributed by atoms with E-state index in [9.17, 15) is 0 Å². The van der Waals surface area contributed by atoms with Gasteiger partial charge in [0.15, 0.2) is 0 Å². The molecule has 0 aliphatic heterocycles. The van der Waals surface area contributed by atoms with Crippen molar-refractivity contribution in [2.75, 3.05) is 25.6 Å². The Morgan fingerprint density at radius 3 is 2.50 bits per heavy atom. The number of methoxy groups -OCH3 is 1. The van der Waals surface area contributed by atoms with Gasteiger partial charge in [0.2, 0.25) is 0 Å². The number of anilines is 1. The molecule has 1 aromatic carbocycles. The zero-order valence-corrected chi connectivity index (χ0v) is 10.1. The highest BCUT2D eigenvalue weighted by Gasteiger charge is 2.11. The number of aryl methyl sites for hydroxylation is 1. The Bertz CT molecular complexity index is 353. The minimum Gasteiger partial charge on any atom is -0.495 e. The van der Waals surface area contributed by atoms with Gasteiger partial charge in [-0.2, -0.15) is 0 Å². The maximum atomic E-state index is 8.99. The molecule has 0 heterocycles. The van der Waals surface area contributed by atoms with Crippen molar-refractivity contribution in [3.63, 3.8) is 0 Å². The fraction of sp³-hybridized carbons (Fsp3) is 0.455. The van der Waals surface area contributed by atoms with Crippen LogP contribution >= 0.6 is 11.6 Å². The van der Waals surface area contributed by atoms with E-state index in [1.165, 1.54) is 0 Å². The van der Waals surface area contributed by atoms with Crippen molar-refractivity contribution in [1.82, 2.24) is 0 Å². The maximum Gasteiger partial charge on any atom is 0.143 e. The lowest BCUT2D eigenvalue weighted by Crippen LogP contribution is -2.27. The number of ether oxygens (including phenoxy) is 1. The van der Waals surface area contributed by atoms with Crippen molar-refractivity contribution in [3.05, 3.63) is 22.7 Å². The van der Waals surface area contributed by atoms with Gasteiger partial charge >= 0.3 is 0 Å². The number of aliphatic hydroxyl groups excluding tert-OH is 2. The van der Waals surface area contributed by atoms with E-state index in [0.717, 1.165) is 5.56 Å². The molecule has 0 aliphatic rings. The lowest BCUT2D eigenvalue weighted by atomic mass is 10.2. The Hall–Kier alpha value is -0.970. The predicted octanol–water partition coefficient (Wildman–Crippen LogP) is 1.42. The van der Waals surface area contributed by atoms with Gasteiger partial charge in [-0.25, -0.2) is 0 Å². The van der Waals surface area contributed by atoms with Crippen molar-refractivity contribution in [3.8, 4) is 5.75 Å². The average molecular weight is 246 g/mol. The minimum atomic E-state index is -0.408. The Morgan fingerprint density at radius 1 is 1.38 bits per heavy atom. The smallest absolute Gasteiger partial charge is 0.143 e. The molecule has 0 unspecified atom stereocenters. The summed E-state index contributed by atoms with van der Waals surface area (Å²) in [5.41, 5.74) is 1.61. The molecule has 0 atom stereocenters. The standard InChI is InChI=1S/C11H16ClNO3/c1-7-3-10(13-8(5-14)6-15)11(16-2)4-9(7)12/h3-4,8,13-15H,5-6H2,1-2H3. The van der Waals surface area contributed by atoms with Gasteiger partial charge < -0.3 is 20.3 Å². The van der Waals surface area contributed by atoms with Crippen molar-refractivity contribution in [2.24, 2.45) is 0 Å². The fourth-order valence-electron chi connectivity index (χ4n) is 1.31. The summed E-state index contributed by atoms with van der Waals surface area (Å²) < 4.78 is 5.16. The highest BCUT2D eigenvalue weighted by molar-refractivity contribution is 6.31. The second-order valence-corrected chi connectivity index (χ2v) is 3.92. The van der Waals surface area contributed by atoms with E-state index in [4.69, 9.17) is 26.6 Å². The van der Waals surface area contributed by atoms with Gasteiger partial charge in [0, 0.05) is 11.1 Å². The molecule has 0 amide bonds. The molecule has 1 aromatic rings. The molecule has 0 spiro atoms. The molecule has 16 heavy (non-hydrogen) atoms. The van der Waals surface area contributed by atoms with Gasteiger partial charge in [-0.15, -0.1) is 0 Å². The van der Waals surface area contributed by atoms with E-state index in [1.54, 1.807) is 13.2 Å². The summed E-state index contributed by atoms with van der Waals surface area (Å²) in [5.74, 6) is 0.586. The lowest BCUT2D eigenvalue weighted by molar-refractivity contribution is 0.203. The Balaban J connectivity index is 2.97. The minimum absolute atomic E-state index is 0.151. The normalized spacial score (nSPS) is 10.6. The average Bonchev–Trinajstić information content (AvgIpc) is 2.29. The molecule has 0 radical (unpaired) electrons. The quantitative estimate of drug-likeness (QED) is 0.734. The molecule has 0 bridgehead atoms. The zero-order valence-electron chi connectivity index (χ0n) is 9.33. The highest BCUT2D eigenvalue weighted by Crippen LogP contribution is 2.31. The van der Waals surface area contributed by atoms with Crippen LogP contribution in [-0.4, -0.2) is 36.6 Å². The molecule has 0 fully saturated rings. The molecule has 5 heteroatoms. The SMILES string of the molecule is COc1cc(Cl)c(C)cc1NC(CO)CO. The van der Waals surface area contributed by atoms with Crippen LogP contribution < -0.4 is 10.1 Å². The lowest BCUT2D eigenvalue weighted by Gasteiger charge is -2.18. The Kier molecular flexibility index (Phi) is 4.86. The third kappa shape index (κ3) is 3.01. The van der Waals surface area contributed by atoms with Crippen LogP contribution in [0.2, 0.25) is 5.02 Å². The van der Waals surface area contributed by atoms with Crippen molar-refractivity contribution in [1.29, 1.82) is 0 Å². The summed E-state index contributed by atoms with van der Waals surface area (Å²) in [4.78, 5) is 0. The predicted molar refractivity (Wildman–Crippen MR) is 64.3 cm³/mol. The van der Waals surface area contributed by atoms with Gasteiger partial charge in [-0.05, 0) is 18.6 Å². The van der Waals surface area contributed by atoms with Crippen LogP contribution in [0, 0.1) is 6.92 Å². The van der Waals surface area contributed by atoms with Crippen LogP contribution in [0.3, 0.4) is 0 Å². The first kappa shape index (κ1) is 13.1. The molecule has 0 aromatic heterocycles. The summed E-state index contributed by atoms with van der Waals surface area (Å²) in [5, 5.41) is 21.6. The summed E-state index contributed by atoms with van der Waals surface area (Å²) >= 11 is 5.96. The largest absolute Gasteiger partial charge is 0.495 e. The van der Waals surface area contributed by atoms with E-state index in [2.05, 4.69) is 5.32 Å². The monoisotopic (exact) mass is 245 g/mol. The summed E-state index contributed by atoms with van der Waals surface area (Å²) in [6.07, 6.45) is 0. The van der Waals surface area contributed by atoms with E-state index in [-0.39, 0.29) is 13.2 Å². The second-order valence-electron chi connectivity index (χ2n) is 3.51. The second kappa shape index (κ2) is 5.94. The van der Waals surface area contributed by atoms with Crippen LogP contribution in [-0.2, 0) is 0 Å². The van der Waals surface area contributed by atoms with E-state index >= 15 is 0 Å². The molecule has 0 aliphatic carbocycles. The van der Waals surface area contributed by atoms with Gasteiger partial charge in [0.1, 0.15) is 5.75 Å². The molecule has 0 saturated heterocycles. The third-order valence-corrected chi connectivity index (χ3v) is 2.69. The number of rotatable bonds is 5. The summed E-state index contributed by atoms with van der Waals surface area (Å²) in [7, 11) is 1.54. The van der Waals surface area contributed by atoms with Crippen molar-refractivity contribution in [2.45, 2.75) is 13.0 Å². The Labute approximate surface area is 99.8 Å². The number of nitrogens with one attached hydrogen (secondary N) is 1. The van der Waals surface area contributed by atoms with Gasteiger partial charge in [-0.1, -0.05) is 11.6 Å². The molecule has 0 saturated carbocycles. The molecule has 3 N–H and O–H groups in total. The van der Waals surface area contributed by atoms with Crippen LogP contribution in [0.5, 0.6) is 5.75 Å². The number of hydrogen-bond donors (Lipinski definition) is 3. The third-order valence-electron chi connectivity index (χ3n) is 2.28. The molecule has 90 valence electrons. The first-order valence-corrected chi connectivity index (χ1v) is 5.32. The fourth-order valence-corrected chi connectivity index (χ4v) is 1.47. The van der Waals surface area contributed by atoms with Gasteiger partial charge in [-0.3, -0.25) is 0 Å². The molecular weight excluding hydrogens is 230 g/mol. The topological polar surface area (TPSA) is 61.7 Å². The zero-order chi connectivity index (χ0) is 12.1. The number of hydrogen-bond acceptors (Lipinski definition) is 4. The summed E-state index contributed by atoms with van der Waals surface area (Å²) in [6.45, 7) is 1.57. The molecule has 4 nitrogen and oxygen atoms in total. The van der Waals surface area contributed by atoms with Gasteiger partial charge in [0.25, 0.3) is 0 Å². The van der Waals surface area contributed by atoms with Crippen LogP contribution in [0.1, 0.15) is 5.56 Å².